The number of fused-ring (bicyclic) bond motifs is 5. The molecule has 0 aliphatic heterocycles. The first-order valence-corrected chi connectivity index (χ1v) is 20.3. The molecular formula is C56H44N4OPt-2. The maximum absolute atomic E-state index is 9.02. The van der Waals surface area contributed by atoms with Crippen molar-refractivity contribution in [1.29, 1.82) is 0 Å². The van der Waals surface area contributed by atoms with Gasteiger partial charge in [-0.15, -0.1) is 29.7 Å². The Kier molecular flexibility index (Phi) is 7.37. The van der Waals surface area contributed by atoms with E-state index in [1.165, 1.54) is 11.1 Å². The Bertz CT molecular complexity index is 3760. The number of rotatable bonds is 7. The summed E-state index contributed by atoms with van der Waals surface area (Å²) in [5, 5.41) is 2.07. The van der Waals surface area contributed by atoms with Crippen LogP contribution in [0.25, 0.3) is 72.3 Å². The SMILES string of the molecule is [2H]c1c([2H])c([2H])c(-c2cccc(-c3c([2H])c([2H])c([2H])c([2H])c3[2H])c2-[n+]2[c-]n(-c3[c-]c(Oc4[c-]c5c(cc4)c4ccccc4n5-c4nccc5c4C(C)(C)CCC5(C)C)ccc3)c3ccccc32)c([2H])c1[2H].[Pt]. The van der Waals surface area contributed by atoms with E-state index in [4.69, 9.17) is 23.4 Å². The first-order chi connectivity index (χ1) is 33.9. The van der Waals surface area contributed by atoms with Crippen LogP contribution >= 0.6 is 0 Å². The van der Waals surface area contributed by atoms with Gasteiger partial charge in [-0.2, -0.15) is 18.2 Å². The maximum atomic E-state index is 9.02. The van der Waals surface area contributed by atoms with E-state index < -0.39 is 60.4 Å². The van der Waals surface area contributed by atoms with E-state index in [-0.39, 0.29) is 59.8 Å². The number of hydrogen-bond donors (Lipinski definition) is 0. The summed E-state index contributed by atoms with van der Waals surface area (Å²) in [7, 11) is 0. The van der Waals surface area contributed by atoms with Crippen molar-refractivity contribution in [2.75, 3.05) is 0 Å². The summed E-state index contributed by atoms with van der Waals surface area (Å²) < 4.78 is 99.2. The van der Waals surface area contributed by atoms with Gasteiger partial charge in [0.2, 0.25) is 0 Å². The number of ether oxygens (including phenoxy) is 1. The maximum Gasteiger partial charge on any atom is 0.268 e. The molecule has 0 spiro atoms. The van der Waals surface area contributed by atoms with Crippen molar-refractivity contribution in [2.45, 2.75) is 51.4 Å². The minimum absolute atomic E-state index is 0. The van der Waals surface area contributed by atoms with Crippen LogP contribution in [0.15, 0.2) is 170 Å². The van der Waals surface area contributed by atoms with Gasteiger partial charge in [0.05, 0.1) is 30.4 Å². The molecule has 0 unspecified atom stereocenters. The molecule has 3 heterocycles. The van der Waals surface area contributed by atoms with E-state index in [1.807, 2.05) is 66.9 Å². The smallest absolute Gasteiger partial charge is 0.268 e. The van der Waals surface area contributed by atoms with Gasteiger partial charge in [0.25, 0.3) is 6.33 Å². The Balaban J connectivity index is 0.00000596. The van der Waals surface area contributed by atoms with Gasteiger partial charge in [-0.05, 0) is 74.7 Å². The van der Waals surface area contributed by atoms with Gasteiger partial charge < -0.3 is 13.9 Å². The number of hydrogen-bond acceptors (Lipinski definition) is 2. The van der Waals surface area contributed by atoms with Crippen LogP contribution in [0.2, 0.25) is 0 Å². The molecule has 62 heavy (non-hydrogen) atoms. The molecule has 5 nitrogen and oxygen atoms in total. The molecule has 0 radical (unpaired) electrons. The predicted molar refractivity (Wildman–Crippen MR) is 246 cm³/mol. The van der Waals surface area contributed by atoms with Crippen molar-refractivity contribution in [3.8, 4) is 50.9 Å². The van der Waals surface area contributed by atoms with E-state index in [0.29, 0.717) is 28.2 Å². The van der Waals surface area contributed by atoms with Crippen LogP contribution in [0, 0.1) is 18.5 Å². The summed E-state index contributed by atoms with van der Waals surface area (Å²) >= 11 is 0. The molecule has 3 aromatic heterocycles. The van der Waals surface area contributed by atoms with Crippen molar-refractivity contribution in [2.24, 2.45) is 0 Å². The monoisotopic (exact) mass is 993 g/mol. The molecule has 0 amide bonds. The summed E-state index contributed by atoms with van der Waals surface area (Å²) in [6.45, 7) is 9.21. The second kappa shape index (κ2) is 15.4. The standard InChI is InChI=1S/C56H44N4O.Pt/c1-55(2)32-33-56(3,4)52-47(55)31-34-57-54(52)60-48-26-12-11-23-45(48)46-30-29-42(36-51(46)60)61-41-22-15-21-40(35-41)58-37-59(50-28-14-13-27-49(50)58)53-43(38-17-7-5-8-18-38)24-16-25-44(53)39-19-9-6-10-20-39;/h5-31,34H,32-33H2,1-4H3;/q-2;/i5D,6D,7D,8D,9D,10D,17D,18D,19D,20D;. The molecule has 0 saturated heterocycles. The summed E-state index contributed by atoms with van der Waals surface area (Å²) in [4.78, 5) is 5.09. The fourth-order valence-electron chi connectivity index (χ4n) is 9.00. The van der Waals surface area contributed by atoms with E-state index in [9.17, 15) is 0 Å². The molecule has 1 aliphatic carbocycles. The van der Waals surface area contributed by atoms with Gasteiger partial charge in [0.1, 0.15) is 5.82 Å². The van der Waals surface area contributed by atoms with E-state index in [0.717, 1.165) is 40.5 Å². The second-order valence-electron chi connectivity index (χ2n) is 16.7. The fraction of sp³-hybridized carbons (Fsp3) is 0.143. The van der Waals surface area contributed by atoms with Gasteiger partial charge in [0.15, 0.2) is 0 Å². The van der Waals surface area contributed by atoms with Crippen LogP contribution in [-0.4, -0.2) is 14.1 Å². The largest absolute Gasteiger partial charge is 0.510 e. The molecule has 10 aromatic rings. The number of benzene rings is 7. The summed E-state index contributed by atoms with van der Waals surface area (Å²) in [5.74, 6) is 1.70. The van der Waals surface area contributed by atoms with Crippen molar-refractivity contribution in [1.82, 2.24) is 14.1 Å². The average Bonchev–Trinajstić information content (AvgIpc) is 3.91. The molecule has 0 saturated carbocycles. The Morgan fingerprint density at radius 1 is 0.645 bits per heavy atom. The van der Waals surface area contributed by atoms with Crippen LogP contribution in [-0.2, 0) is 31.9 Å². The molecule has 7 aromatic carbocycles. The van der Waals surface area contributed by atoms with Gasteiger partial charge in [-0.25, -0.2) is 4.98 Å². The minimum Gasteiger partial charge on any atom is -0.510 e. The molecule has 6 heteroatoms. The molecule has 0 N–H and O–H groups in total. The molecule has 306 valence electrons. The molecule has 0 bridgehead atoms. The fourth-order valence-corrected chi connectivity index (χ4v) is 9.00. The number of aromatic nitrogens is 4. The van der Waals surface area contributed by atoms with Crippen LogP contribution in [0.4, 0.5) is 0 Å². The van der Waals surface area contributed by atoms with Crippen molar-refractivity contribution in [3.63, 3.8) is 0 Å². The topological polar surface area (TPSA) is 35.9 Å². The van der Waals surface area contributed by atoms with Gasteiger partial charge in [-0.1, -0.05) is 154 Å². The molecule has 1 aliphatic rings. The number of imidazole rings is 1. The molecule has 0 atom stereocenters. The zero-order valence-corrected chi connectivity index (χ0v) is 36.6. The van der Waals surface area contributed by atoms with E-state index >= 15 is 0 Å². The first kappa shape index (κ1) is 29.7. The Hall–Kier alpha value is -6.55. The van der Waals surface area contributed by atoms with Crippen molar-refractivity contribution < 1.29 is 44.1 Å². The summed E-state index contributed by atoms with van der Waals surface area (Å²) in [6, 6.07) is 33.7. The van der Waals surface area contributed by atoms with E-state index in [2.05, 4.69) is 68.9 Å². The average molecular weight is 994 g/mol. The number of nitrogens with zero attached hydrogens (tertiary/aromatic N) is 4. The quantitative estimate of drug-likeness (QED) is 0.118. The van der Waals surface area contributed by atoms with Crippen molar-refractivity contribution in [3.05, 3.63) is 199 Å². The zero-order valence-electron chi connectivity index (χ0n) is 44.3. The molecule has 0 fully saturated rings. The summed E-state index contributed by atoms with van der Waals surface area (Å²) in [5.41, 5.74) is 6.05. The Morgan fingerprint density at radius 3 is 2.03 bits per heavy atom. The Morgan fingerprint density at radius 2 is 1.29 bits per heavy atom. The van der Waals surface area contributed by atoms with Crippen LogP contribution in [0.3, 0.4) is 0 Å². The molecule has 11 rings (SSSR count). The van der Waals surface area contributed by atoms with E-state index in [1.54, 1.807) is 33.4 Å². The van der Waals surface area contributed by atoms with Gasteiger partial charge >= 0.3 is 0 Å². The van der Waals surface area contributed by atoms with Crippen molar-refractivity contribution >= 4 is 32.8 Å². The number of pyridine rings is 1. The Labute approximate surface area is 391 Å². The van der Waals surface area contributed by atoms with Gasteiger partial charge in [0, 0.05) is 49.8 Å². The van der Waals surface area contributed by atoms with Gasteiger partial charge in [-0.3, -0.25) is 4.57 Å². The normalized spacial score (nSPS) is 16.4. The predicted octanol–water partition coefficient (Wildman–Crippen LogP) is 13.3. The third-order valence-corrected chi connectivity index (χ3v) is 12.1. The summed E-state index contributed by atoms with van der Waals surface area (Å²) in [6.07, 6.45) is 7.42. The second-order valence-corrected chi connectivity index (χ2v) is 16.7. The zero-order chi connectivity index (χ0) is 50.0. The third kappa shape index (κ3) is 6.58. The molecular weight excluding hydrogens is 940 g/mol. The minimum atomic E-state index is -0.569. The third-order valence-electron chi connectivity index (χ3n) is 12.1. The van der Waals surface area contributed by atoms with Crippen LogP contribution < -0.4 is 9.30 Å². The number of para-hydroxylation sites is 4. The van der Waals surface area contributed by atoms with Crippen LogP contribution in [0.5, 0.6) is 11.5 Å². The first-order valence-electron chi connectivity index (χ1n) is 25.3. The van der Waals surface area contributed by atoms with Crippen LogP contribution in [0.1, 0.15) is 65.4 Å².